The van der Waals surface area contributed by atoms with E-state index < -0.39 is 11.9 Å². The first kappa shape index (κ1) is 15.9. The molecular weight excluding hydrogens is 220 g/mol. The first-order valence-electron chi connectivity index (χ1n) is 6.21. The summed E-state index contributed by atoms with van der Waals surface area (Å²) in [6.07, 6.45) is 4.33. The van der Waals surface area contributed by atoms with Crippen molar-refractivity contribution in [3.63, 3.8) is 0 Å². The third kappa shape index (κ3) is 7.74. The molecule has 5 heteroatoms. The lowest BCUT2D eigenvalue weighted by Crippen LogP contribution is -2.39. The fourth-order valence-corrected chi connectivity index (χ4v) is 1.45. The molecule has 0 aromatic rings. The lowest BCUT2D eigenvalue weighted by atomic mass is 10.0. The van der Waals surface area contributed by atoms with Crippen molar-refractivity contribution in [2.24, 2.45) is 11.7 Å². The van der Waals surface area contributed by atoms with Crippen molar-refractivity contribution in [1.29, 1.82) is 0 Å². The van der Waals surface area contributed by atoms with E-state index in [4.69, 9.17) is 10.8 Å². The monoisotopic (exact) mass is 244 g/mol. The number of carboxylic acids is 1. The molecule has 0 rings (SSSR count). The Balaban J connectivity index is 3.67. The molecule has 4 N–H and O–H groups in total. The van der Waals surface area contributed by atoms with Crippen LogP contribution in [-0.4, -0.2) is 29.6 Å². The van der Waals surface area contributed by atoms with Crippen molar-refractivity contribution >= 4 is 11.9 Å². The molecule has 0 fully saturated rings. The lowest BCUT2D eigenvalue weighted by Gasteiger charge is -2.17. The fraction of sp³-hybridized carbons (Fsp3) is 0.833. The van der Waals surface area contributed by atoms with Gasteiger partial charge >= 0.3 is 5.97 Å². The second kappa shape index (κ2) is 8.98. The van der Waals surface area contributed by atoms with Crippen molar-refractivity contribution < 1.29 is 14.7 Å². The minimum absolute atomic E-state index is 0.0710. The van der Waals surface area contributed by atoms with Crippen LogP contribution < -0.4 is 11.1 Å². The summed E-state index contributed by atoms with van der Waals surface area (Å²) in [5.41, 5.74) is 5.36. The number of nitrogens with one attached hydrogen (secondary N) is 1. The second-order valence-corrected chi connectivity index (χ2v) is 4.44. The quantitative estimate of drug-likeness (QED) is 0.530. The Morgan fingerprint density at radius 3 is 2.29 bits per heavy atom. The highest BCUT2D eigenvalue weighted by molar-refractivity contribution is 5.77. The average Bonchev–Trinajstić information content (AvgIpc) is 2.27. The van der Waals surface area contributed by atoms with Gasteiger partial charge in [-0.3, -0.25) is 9.59 Å². The molecule has 1 amide bonds. The van der Waals surface area contributed by atoms with E-state index in [-0.39, 0.29) is 11.9 Å². The van der Waals surface area contributed by atoms with Gasteiger partial charge in [0.15, 0.2) is 0 Å². The summed E-state index contributed by atoms with van der Waals surface area (Å²) < 4.78 is 0. The van der Waals surface area contributed by atoms with Gasteiger partial charge < -0.3 is 16.2 Å². The highest BCUT2D eigenvalue weighted by atomic mass is 16.4. The minimum Gasteiger partial charge on any atom is -0.481 e. The molecule has 0 aromatic heterocycles. The minimum atomic E-state index is -0.888. The van der Waals surface area contributed by atoms with Gasteiger partial charge in [0.2, 0.25) is 5.91 Å². The average molecular weight is 244 g/mol. The number of hydrogen-bond acceptors (Lipinski definition) is 3. The van der Waals surface area contributed by atoms with Crippen LogP contribution >= 0.6 is 0 Å². The van der Waals surface area contributed by atoms with E-state index in [1.807, 2.05) is 0 Å². The van der Waals surface area contributed by atoms with Crippen molar-refractivity contribution in [1.82, 2.24) is 5.32 Å². The molecule has 0 radical (unpaired) electrons. The van der Waals surface area contributed by atoms with Gasteiger partial charge in [0, 0.05) is 12.5 Å². The smallest absolute Gasteiger partial charge is 0.308 e. The normalized spacial score (nSPS) is 14.1. The van der Waals surface area contributed by atoms with Gasteiger partial charge in [0.25, 0.3) is 0 Å². The Morgan fingerprint density at radius 2 is 1.76 bits per heavy atom. The summed E-state index contributed by atoms with van der Waals surface area (Å²) in [5, 5.41) is 11.5. The third-order valence-corrected chi connectivity index (χ3v) is 2.89. The zero-order chi connectivity index (χ0) is 13.3. The molecule has 0 aliphatic carbocycles. The number of aliphatic carboxylic acids is 1. The number of carboxylic acid groups (broad SMARTS) is 1. The van der Waals surface area contributed by atoms with Crippen LogP contribution in [-0.2, 0) is 9.59 Å². The lowest BCUT2D eigenvalue weighted by molar-refractivity contribution is -0.142. The van der Waals surface area contributed by atoms with Gasteiger partial charge in [-0.25, -0.2) is 0 Å². The number of nitrogens with two attached hydrogens (primary N) is 1. The Hall–Kier alpha value is -1.10. The van der Waals surface area contributed by atoms with E-state index in [9.17, 15) is 9.59 Å². The van der Waals surface area contributed by atoms with Crippen molar-refractivity contribution in [2.45, 2.75) is 52.0 Å². The maximum atomic E-state index is 11.5. The first-order valence-corrected chi connectivity index (χ1v) is 6.21. The number of amides is 1. The van der Waals surface area contributed by atoms with Crippen LogP contribution in [0.25, 0.3) is 0 Å². The van der Waals surface area contributed by atoms with E-state index >= 15 is 0 Å². The van der Waals surface area contributed by atoms with Crippen molar-refractivity contribution in [2.75, 3.05) is 6.54 Å². The molecule has 5 nitrogen and oxygen atoms in total. The van der Waals surface area contributed by atoms with Gasteiger partial charge in [0.05, 0.1) is 5.92 Å². The van der Waals surface area contributed by atoms with Crippen LogP contribution in [0.15, 0.2) is 0 Å². The van der Waals surface area contributed by atoms with Gasteiger partial charge in [-0.2, -0.15) is 0 Å². The number of carbonyl (C=O) groups excluding carboxylic acids is 1. The predicted octanol–water partition coefficient (Wildman–Crippen LogP) is 1.12. The molecule has 2 unspecified atom stereocenters. The maximum Gasteiger partial charge on any atom is 0.308 e. The van der Waals surface area contributed by atoms with Gasteiger partial charge in [-0.1, -0.05) is 12.8 Å². The molecule has 0 aliphatic rings. The zero-order valence-corrected chi connectivity index (χ0v) is 10.7. The standard InChI is InChI=1S/C12H24N2O3/c1-9(12(16)17)10(2)14-11(15)7-5-3-4-6-8-13/h9-10H,3-8,13H2,1-2H3,(H,14,15)(H,16,17). The molecule has 0 heterocycles. The van der Waals surface area contributed by atoms with Gasteiger partial charge in [-0.05, 0) is 33.2 Å². The van der Waals surface area contributed by atoms with Crippen molar-refractivity contribution in [3.05, 3.63) is 0 Å². The summed E-state index contributed by atoms with van der Waals surface area (Å²) in [4.78, 5) is 22.2. The molecule has 0 saturated heterocycles. The Bertz CT molecular complexity index is 244. The molecular formula is C12H24N2O3. The molecule has 0 spiro atoms. The zero-order valence-electron chi connectivity index (χ0n) is 10.7. The number of carbonyl (C=O) groups is 2. The summed E-state index contributed by atoms with van der Waals surface area (Å²) in [5.74, 6) is -1.52. The third-order valence-electron chi connectivity index (χ3n) is 2.89. The SMILES string of the molecule is CC(NC(=O)CCCCCCN)C(C)C(=O)O. The van der Waals surface area contributed by atoms with E-state index in [2.05, 4.69) is 5.32 Å². The van der Waals surface area contributed by atoms with Gasteiger partial charge in [0.1, 0.15) is 0 Å². The topological polar surface area (TPSA) is 92.4 Å². The largest absolute Gasteiger partial charge is 0.481 e. The van der Waals surface area contributed by atoms with Crippen LogP contribution in [0.1, 0.15) is 46.0 Å². The predicted molar refractivity (Wildman–Crippen MR) is 66.5 cm³/mol. The van der Waals surface area contributed by atoms with E-state index in [1.54, 1.807) is 13.8 Å². The Labute approximate surface area is 103 Å². The second-order valence-electron chi connectivity index (χ2n) is 4.44. The van der Waals surface area contributed by atoms with Crippen LogP contribution in [0.4, 0.5) is 0 Å². The summed E-state index contributed by atoms with van der Waals surface area (Å²) in [6, 6.07) is -0.330. The number of rotatable bonds is 9. The summed E-state index contributed by atoms with van der Waals surface area (Å²) in [7, 11) is 0. The van der Waals surface area contributed by atoms with Crippen LogP contribution in [0.2, 0.25) is 0 Å². The van der Waals surface area contributed by atoms with Crippen LogP contribution in [0.3, 0.4) is 0 Å². The molecule has 0 bridgehead atoms. The van der Waals surface area contributed by atoms with Crippen molar-refractivity contribution in [3.8, 4) is 0 Å². The molecule has 0 aliphatic heterocycles. The summed E-state index contributed by atoms with van der Waals surface area (Å²) >= 11 is 0. The molecule has 0 aromatic carbocycles. The highest BCUT2D eigenvalue weighted by Crippen LogP contribution is 2.05. The summed E-state index contributed by atoms with van der Waals surface area (Å²) in [6.45, 7) is 4.00. The van der Waals surface area contributed by atoms with Crippen LogP contribution in [0.5, 0.6) is 0 Å². The Kier molecular flexibility index (Phi) is 8.40. The van der Waals surface area contributed by atoms with Crippen LogP contribution in [0, 0.1) is 5.92 Å². The fourth-order valence-electron chi connectivity index (χ4n) is 1.45. The Morgan fingerprint density at radius 1 is 1.18 bits per heavy atom. The maximum absolute atomic E-state index is 11.5. The molecule has 0 saturated carbocycles. The molecule has 2 atom stereocenters. The molecule has 17 heavy (non-hydrogen) atoms. The number of unbranched alkanes of at least 4 members (excludes halogenated alkanes) is 3. The van der Waals surface area contributed by atoms with Gasteiger partial charge in [-0.15, -0.1) is 0 Å². The first-order chi connectivity index (χ1) is 7.99. The molecule has 100 valence electrons. The van der Waals surface area contributed by atoms with E-state index in [0.29, 0.717) is 13.0 Å². The number of hydrogen-bond donors (Lipinski definition) is 3. The highest BCUT2D eigenvalue weighted by Gasteiger charge is 2.20. The van der Waals surface area contributed by atoms with E-state index in [0.717, 1.165) is 25.7 Å². The van der Waals surface area contributed by atoms with E-state index in [1.165, 1.54) is 0 Å².